The van der Waals surface area contributed by atoms with E-state index in [1.54, 1.807) is 30.0 Å². The van der Waals surface area contributed by atoms with Gasteiger partial charge in [-0.1, -0.05) is 31.4 Å². The molecule has 2 aliphatic rings. The van der Waals surface area contributed by atoms with Crippen molar-refractivity contribution in [3.63, 3.8) is 0 Å². The van der Waals surface area contributed by atoms with E-state index >= 15 is 0 Å². The van der Waals surface area contributed by atoms with Crippen molar-refractivity contribution in [3.8, 4) is 0 Å². The average Bonchev–Trinajstić information content (AvgIpc) is 2.88. The zero-order chi connectivity index (χ0) is 17.3. The second-order valence-corrected chi connectivity index (χ2v) is 7.19. The molecule has 122 valence electrons. The number of fused-ring (bicyclic) bond motifs is 1. The SMILES string of the molecule is C=C/C=C(\C=C)N1C(=N)S/C(=C2\CSc3ccccc3N2C)C1=O. The quantitative estimate of drug-likeness (QED) is 0.652. The maximum Gasteiger partial charge on any atom is 0.273 e. The topological polar surface area (TPSA) is 47.4 Å². The fraction of sp³-hybridized carbons (Fsp3) is 0.111. The third-order valence-corrected chi connectivity index (χ3v) is 5.88. The van der Waals surface area contributed by atoms with Crippen LogP contribution in [-0.4, -0.2) is 28.8 Å². The molecule has 1 fully saturated rings. The highest BCUT2D eigenvalue weighted by atomic mass is 32.2. The van der Waals surface area contributed by atoms with Crippen LogP contribution in [0, 0.1) is 5.41 Å². The lowest BCUT2D eigenvalue weighted by Crippen LogP contribution is -2.29. The summed E-state index contributed by atoms with van der Waals surface area (Å²) >= 11 is 2.91. The van der Waals surface area contributed by atoms with Gasteiger partial charge in [0, 0.05) is 23.4 Å². The lowest BCUT2D eigenvalue weighted by Gasteiger charge is -2.30. The van der Waals surface area contributed by atoms with Crippen molar-refractivity contribution >= 4 is 40.3 Å². The molecule has 4 nitrogen and oxygen atoms in total. The largest absolute Gasteiger partial charge is 0.345 e. The second kappa shape index (κ2) is 6.75. The van der Waals surface area contributed by atoms with Crippen molar-refractivity contribution in [2.24, 2.45) is 0 Å². The van der Waals surface area contributed by atoms with Gasteiger partial charge in [-0.25, -0.2) is 0 Å². The Balaban J connectivity index is 2.02. The van der Waals surface area contributed by atoms with Gasteiger partial charge in [-0.3, -0.25) is 15.1 Å². The number of hydrogen-bond acceptors (Lipinski definition) is 5. The first kappa shape index (κ1) is 16.7. The van der Waals surface area contributed by atoms with Crippen LogP contribution in [0.15, 0.2) is 76.8 Å². The van der Waals surface area contributed by atoms with Crippen LogP contribution in [0.3, 0.4) is 0 Å². The molecule has 2 heterocycles. The van der Waals surface area contributed by atoms with E-state index < -0.39 is 0 Å². The van der Waals surface area contributed by atoms with Crippen molar-refractivity contribution in [1.29, 1.82) is 5.41 Å². The van der Waals surface area contributed by atoms with E-state index in [-0.39, 0.29) is 11.1 Å². The molecule has 3 rings (SSSR count). The molecule has 0 saturated carbocycles. The van der Waals surface area contributed by atoms with Crippen molar-refractivity contribution in [1.82, 2.24) is 4.90 Å². The number of allylic oxidation sites excluding steroid dienone is 3. The van der Waals surface area contributed by atoms with Gasteiger partial charge in [-0.05, 0) is 36.0 Å². The fourth-order valence-electron chi connectivity index (χ4n) is 2.61. The highest BCUT2D eigenvalue weighted by Gasteiger charge is 2.38. The Morgan fingerprint density at radius 1 is 1.33 bits per heavy atom. The standard InChI is InChI=1S/C18H17N3OS2/c1-4-8-12(5-2)21-17(22)16(24-18(21)19)14-11-23-15-10-7-6-9-13(15)20(14)3/h4-10,19H,1-2,11H2,3H3/b12-8+,16-14+,19-18?. The Kier molecular flexibility index (Phi) is 4.69. The number of carbonyl (C=O) groups is 1. The Morgan fingerprint density at radius 2 is 2.08 bits per heavy atom. The molecule has 1 amide bonds. The highest BCUT2D eigenvalue weighted by Crippen LogP contribution is 2.43. The Bertz CT molecular complexity index is 810. The summed E-state index contributed by atoms with van der Waals surface area (Å²) in [7, 11) is 1.97. The summed E-state index contributed by atoms with van der Waals surface area (Å²) < 4.78 is 0. The van der Waals surface area contributed by atoms with Crippen LogP contribution in [0.25, 0.3) is 0 Å². The van der Waals surface area contributed by atoms with E-state index in [1.807, 2.05) is 30.1 Å². The highest BCUT2D eigenvalue weighted by molar-refractivity contribution is 8.18. The van der Waals surface area contributed by atoms with Gasteiger partial charge < -0.3 is 4.90 Å². The first-order valence-electron chi connectivity index (χ1n) is 7.33. The maximum absolute atomic E-state index is 12.9. The molecule has 2 aliphatic heterocycles. The van der Waals surface area contributed by atoms with Gasteiger partial charge in [0.1, 0.15) is 4.91 Å². The van der Waals surface area contributed by atoms with Gasteiger partial charge in [0.25, 0.3) is 5.91 Å². The van der Waals surface area contributed by atoms with Crippen molar-refractivity contribution in [2.45, 2.75) is 4.90 Å². The summed E-state index contributed by atoms with van der Waals surface area (Å²) in [5.74, 6) is 0.525. The zero-order valence-electron chi connectivity index (χ0n) is 13.3. The molecular formula is C18H17N3OS2. The molecule has 1 aromatic carbocycles. The molecule has 1 saturated heterocycles. The normalized spacial score (nSPS) is 21.1. The molecule has 0 bridgehead atoms. The minimum Gasteiger partial charge on any atom is -0.345 e. The number of amidine groups is 1. The van der Waals surface area contributed by atoms with E-state index in [0.717, 1.165) is 11.4 Å². The van der Waals surface area contributed by atoms with Crippen molar-refractivity contribution in [2.75, 3.05) is 17.7 Å². The van der Waals surface area contributed by atoms with Gasteiger partial charge in [-0.2, -0.15) is 0 Å². The molecule has 0 aromatic heterocycles. The van der Waals surface area contributed by atoms with E-state index in [9.17, 15) is 4.79 Å². The monoisotopic (exact) mass is 355 g/mol. The van der Waals surface area contributed by atoms with Crippen LogP contribution in [0.4, 0.5) is 5.69 Å². The number of thioether (sulfide) groups is 2. The lowest BCUT2D eigenvalue weighted by atomic mass is 10.2. The number of amides is 1. The molecule has 24 heavy (non-hydrogen) atoms. The van der Waals surface area contributed by atoms with Gasteiger partial charge in [-0.15, -0.1) is 11.8 Å². The second-order valence-electron chi connectivity index (χ2n) is 5.17. The lowest BCUT2D eigenvalue weighted by molar-refractivity contribution is -0.120. The summed E-state index contributed by atoms with van der Waals surface area (Å²) in [5.41, 5.74) is 2.58. The number of carbonyl (C=O) groups excluding carboxylic acids is 1. The number of benzene rings is 1. The van der Waals surface area contributed by atoms with E-state index in [4.69, 9.17) is 5.41 Å². The number of para-hydroxylation sites is 1. The van der Waals surface area contributed by atoms with Crippen LogP contribution in [-0.2, 0) is 4.79 Å². The number of nitrogens with one attached hydrogen (secondary N) is 1. The van der Waals surface area contributed by atoms with E-state index in [2.05, 4.69) is 19.2 Å². The molecule has 1 aromatic rings. The number of rotatable bonds is 3. The number of nitrogens with zero attached hydrogens (tertiary/aromatic N) is 2. The summed E-state index contributed by atoms with van der Waals surface area (Å²) in [6, 6.07) is 8.13. The number of hydrogen-bond donors (Lipinski definition) is 1. The summed E-state index contributed by atoms with van der Waals surface area (Å²) in [6.45, 7) is 7.38. The smallest absolute Gasteiger partial charge is 0.273 e. The first-order chi connectivity index (χ1) is 11.6. The minimum atomic E-state index is -0.181. The molecule has 1 N–H and O–H groups in total. The third kappa shape index (κ3) is 2.72. The van der Waals surface area contributed by atoms with Gasteiger partial charge >= 0.3 is 0 Å². The molecule has 0 unspecified atom stereocenters. The predicted molar refractivity (Wildman–Crippen MR) is 103 cm³/mol. The molecule has 6 heteroatoms. The van der Waals surface area contributed by atoms with Crippen LogP contribution in [0.2, 0.25) is 0 Å². The van der Waals surface area contributed by atoms with Crippen LogP contribution in [0.5, 0.6) is 0 Å². The Morgan fingerprint density at radius 3 is 2.79 bits per heavy atom. The Hall–Kier alpha value is -2.18. The molecule has 0 atom stereocenters. The van der Waals surface area contributed by atoms with Crippen LogP contribution >= 0.6 is 23.5 Å². The summed E-state index contributed by atoms with van der Waals surface area (Å²) in [5, 5.41) is 8.38. The zero-order valence-corrected chi connectivity index (χ0v) is 14.9. The summed E-state index contributed by atoms with van der Waals surface area (Å²) in [6.07, 6.45) is 4.84. The first-order valence-corrected chi connectivity index (χ1v) is 9.13. The predicted octanol–water partition coefficient (Wildman–Crippen LogP) is 4.21. The maximum atomic E-state index is 12.9. The molecule has 0 aliphatic carbocycles. The van der Waals surface area contributed by atoms with Gasteiger partial charge in [0.05, 0.1) is 11.4 Å². The fourth-order valence-corrected chi connectivity index (χ4v) is 4.84. The Labute approximate surface area is 150 Å². The van der Waals surface area contributed by atoms with Crippen LogP contribution in [0.1, 0.15) is 0 Å². The number of anilines is 1. The average molecular weight is 355 g/mol. The molecular weight excluding hydrogens is 338 g/mol. The molecule has 0 radical (unpaired) electrons. The van der Waals surface area contributed by atoms with Gasteiger partial charge in [0.15, 0.2) is 5.17 Å². The third-order valence-electron chi connectivity index (χ3n) is 3.81. The van der Waals surface area contributed by atoms with Gasteiger partial charge in [0.2, 0.25) is 0 Å². The van der Waals surface area contributed by atoms with E-state index in [1.165, 1.54) is 21.6 Å². The van der Waals surface area contributed by atoms with E-state index in [0.29, 0.717) is 16.4 Å². The summed E-state index contributed by atoms with van der Waals surface area (Å²) in [4.78, 5) is 18.1. The minimum absolute atomic E-state index is 0.181. The van der Waals surface area contributed by atoms with Crippen LogP contribution < -0.4 is 4.90 Å². The van der Waals surface area contributed by atoms with Crippen molar-refractivity contribution < 1.29 is 4.79 Å². The molecule has 0 spiro atoms. The van der Waals surface area contributed by atoms with Crippen molar-refractivity contribution in [3.05, 3.63) is 72.0 Å².